The van der Waals surface area contributed by atoms with Crippen LogP contribution in [0.15, 0.2) is 44.8 Å². The van der Waals surface area contributed by atoms with Crippen LogP contribution in [0.1, 0.15) is 11.3 Å². The molecule has 0 aliphatic carbocycles. The van der Waals surface area contributed by atoms with Crippen molar-refractivity contribution < 1.29 is 18.8 Å². The molecule has 2 heterocycles. The molecule has 1 N–H and O–H groups in total. The molecule has 6 nitrogen and oxygen atoms in total. The zero-order chi connectivity index (χ0) is 17.4. The fourth-order valence-corrected chi connectivity index (χ4v) is 2.88. The number of carbonyl (C=O) groups excluding carboxylic acids is 3. The molecule has 1 aromatic carbocycles. The predicted molar refractivity (Wildman–Crippen MR) is 99.3 cm³/mol. The van der Waals surface area contributed by atoms with E-state index in [1.165, 1.54) is 6.08 Å². The molecular weight excluding hydrogens is 491 g/mol. The monoisotopic (exact) mass is 500 g/mol. The maximum Gasteiger partial charge on any atom is 0.335 e. The Kier molecular flexibility index (Phi) is 4.59. The predicted octanol–water partition coefficient (Wildman–Crippen LogP) is 3.62. The first kappa shape index (κ1) is 16.9. The Morgan fingerprint density at radius 3 is 2.46 bits per heavy atom. The van der Waals surface area contributed by atoms with E-state index in [1.807, 2.05) is 29.5 Å². The first-order valence-corrected chi connectivity index (χ1v) is 8.67. The molecule has 24 heavy (non-hydrogen) atoms. The highest BCUT2D eigenvalue weighted by Crippen LogP contribution is 2.26. The first-order valence-electron chi connectivity index (χ1n) is 6.80. The third kappa shape index (κ3) is 3.16. The highest BCUT2D eigenvalue weighted by Gasteiger charge is 2.37. The lowest BCUT2D eigenvalue weighted by Gasteiger charge is -2.26. The number of carbonyl (C=O) groups is 3. The molecule has 0 atom stereocenters. The number of imide groups is 2. The smallest absolute Gasteiger partial charge is 0.335 e. The van der Waals surface area contributed by atoms with E-state index >= 15 is 0 Å². The van der Waals surface area contributed by atoms with Crippen molar-refractivity contribution in [2.45, 2.75) is 6.92 Å². The molecule has 1 aliphatic heterocycles. The summed E-state index contributed by atoms with van der Waals surface area (Å²) in [5, 5.41) is 2.17. The van der Waals surface area contributed by atoms with E-state index in [-0.39, 0.29) is 5.57 Å². The Labute approximate surface area is 159 Å². The largest absolute Gasteiger partial charge is 0.450 e. The van der Waals surface area contributed by atoms with Gasteiger partial charge in [0.2, 0.25) is 0 Å². The van der Waals surface area contributed by atoms with Crippen LogP contribution in [0.4, 0.5) is 10.5 Å². The number of halogens is 2. The second-order valence-corrected chi connectivity index (χ2v) is 6.90. The van der Waals surface area contributed by atoms with E-state index in [9.17, 15) is 14.4 Å². The van der Waals surface area contributed by atoms with Crippen LogP contribution < -0.4 is 10.2 Å². The van der Waals surface area contributed by atoms with E-state index < -0.39 is 17.8 Å². The average molecular weight is 501 g/mol. The van der Waals surface area contributed by atoms with Crippen molar-refractivity contribution in [3.05, 3.63) is 55.5 Å². The van der Waals surface area contributed by atoms with E-state index in [4.69, 9.17) is 4.42 Å². The summed E-state index contributed by atoms with van der Waals surface area (Å²) < 4.78 is 6.73. The maximum absolute atomic E-state index is 12.6. The highest BCUT2D eigenvalue weighted by atomic mass is 127. The van der Waals surface area contributed by atoms with Gasteiger partial charge in [0.1, 0.15) is 11.3 Å². The molecule has 122 valence electrons. The van der Waals surface area contributed by atoms with Gasteiger partial charge in [-0.15, -0.1) is 0 Å². The summed E-state index contributed by atoms with van der Waals surface area (Å²) in [6.45, 7) is 1.90. The number of amides is 4. The third-order valence-corrected chi connectivity index (χ3v) is 5.48. The molecule has 1 aliphatic rings. The van der Waals surface area contributed by atoms with Gasteiger partial charge in [0.25, 0.3) is 11.8 Å². The first-order chi connectivity index (χ1) is 11.4. The highest BCUT2D eigenvalue weighted by molar-refractivity contribution is 14.1. The number of nitrogens with zero attached hydrogens (tertiary/aromatic N) is 1. The lowest BCUT2D eigenvalue weighted by atomic mass is 10.1. The molecule has 0 saturated carbocycles. The van der Waals surface area contributed by atoms with E-state index in [0.717, 1.165) is 10.5 Å². The Hall–Kier alpha value is -1.94. The molecule has 0 unspecified atom stereocenters. The molecule has 1 saturated heterocycles. The normalized spacial score (nSPS) is 16.7. The summed E-state index contributed by atoms with van der Waals surface area (Å²) in [5.41, 5.74) is 1.20. The Morgan fingerprint density at radius 2 is 1.88 bits per heavy atom. The van der Waals surface area contributed by atoms with Crippen LogP contribution in [0.2, 0.25) is 0 Å². The molecular formula is C16H10BrIN2O4. The van der Waals surface area contributed by atoms with Gasteiger partial charge < -0.3 is 4.42 Å². The van der Waals surface area contributed by atoms with Gasteiger partial charge in [0.15, 0.2) is 3.77 Å². The summed E-state index contributed by atoms with van der Waals surface area (Å²) in [4.78, 5) is 37.7. The number of aryl methyl sites for hydroxylation is 1. The molecule has 0 radical (unpaired) electrons. The van der Waals surface area contributed by atoms with E-state index in [1.54, 1.807) is 30.3 Å². The van der Waals surface area contributed by atoms with Gasteiger partial charge in [-0.2, -0.15) is 0 Å². The van der Waals surface area contributed by atoms with Gasteiger partial charge in [0.05, 0.1) is 10.2 Å². The average Bonchev–Trinajstić information content (AvgIpc) is 2.83. The summed E-state index contributed by atoms with van der Waals surface area (Å²) in [6.07, 6.45) is 1.32. The van der Waals surface area contributed by atoms with E-state index in [0.29, 0.717) is 19.7 Å². The van der Waals surface area contributed by atoms with Crippen molar-refractivity contribution in [3.63, 3.8) is 0 Å². The SMILES string of the molecule is Cc1ccc(N2C(=O)NC(=O)/C(=C\c3cc(Br)c(I)o3)C2=O)cc1. The fraction of sp³-hybridized carbons (Fsp3) is 0.0625. The van der Waals surface area contributed by atoms with Crippen molar-refractivity contribution in [2.24, 2.45) is 0 Å². The topological polar surface area (TPSA) is 79.6 Å². The minimum Gasteiger partial charge on any atom is -0.450 e. The van der Waals surface area contributed by atoms with Crippen LogP contribution in [0.5, 0.6) is 0 Å². The minimum atomic E-state index is -0.777. The van der Waals surface area contributed by atoms with Crippen molar-refractivity contribution in [1.29, 1.82) is 0 Å². The lowest BCUT2D eigenvalue weighted by Crippen LogP contribution is -2.54. The number of urea groups is 1. The molecule has 2 aromatic rings. The quantitative estimate of drug-likeness (QED) is 0.388. The van der Waals surface area contributed by atoms with Gasteiger partial charge >= 0.3 is 6.03 Å². The second kappa shape index (κ2) is 6.52. The summed E-state index contributed by atoms with van der Waals surface area (Å²) >= 11 is 5.27. The maximum atomic E-state index is 12.6. The number of benzene rings is 1. The van der Waals surface area contributed by atoms with Crippen LogP contribution in [-0.2, 0) is 9.59 Å². The van der Waals surface area contributed by atoms with Crippen LogP contribution in [-0.4, -0.2) is 17.8 Å². The number of rotatable bonds is 2. The van der Waals surface area contributed by atoms with Gasteiger partial charge in [0, 0.05) is 22.6 Å². The number of furan rings is 1. The Bertz CT molecular complexity index is 866. The number of anilines is 1. The third-order valence-electron chi connectivity index (χ3n) is 3.34. The molecule has 1 fully saturated rings. The van der Waals surface area contributed by atoms with Gasteiger partial charge in [-0.1, -0.05) is 17.7 Å². The number of nitrogens with one attached hydrogen (secondary N) is 1. The Morgan fingerprint density at radius 1 is 1.21 bits per heavy atom. The standard InChI is InChI=1S/C16H10BrIN2O4/c1-8-2-4-9(5-3-8)20-15(22)11(14(21)19-16(20)23)6-10-7-12(17)13(18)24-10/h2-7H,1H3,(H,19,21,23)/b11-6+. The minimum absolute atomic E-state index is 0.173. The number of hydrogen-bond donors (Lipinski definition) is 1. The lowest BCUT2D eigenvalue weighted by molar-refractivity contribution is -0.122. The number of hydrogen-bond acceptors (Lipinski definition) is 4. The summed E-state index contributed by atoms with van der Waals surface area (Å²) in [7, 11) is 0. The van der Waals surface area contributed by atoms with Crippen molar-refractivity contribution in [3.8, 4) is 0 Å². The molecule has 3 rings (SSSR count). The van der Waals surface area contributed by atoms with Crippen LogP contribution in [0.25, 0.3) is 6.08 Å². The van der Waals surface area contributed by atoms with Crippen LogP contribution >= 0.6 is 38.5 Å². The fourth-order valence-electron chi connectivity index (χ4n) is 2.16. The van der Waals surface area contributed by atoms with Crippen LogP contribution in [0.3, 0.4) is 0 Å². The number of barbiturate groups is 1. The Balaban J connectivity index is 2.01. The van der Waals surface area contributed by atoms with Crippen LogP contribution in [0, 0.1) is 10.7 Å². The molecule has 0 spiro atoms. The summed E-state index contributed by atoms with van der Waals surface area (Å²) in [5.74, 6) is -1.12. The van der Waals surface area contributed by atoms with Crippen molar-refractivity contribution in [1.82, 2.24) is 5.32 Å². The molecule has 0 bridgehead atoms. The molecule has 4 amide bonds. The van der Waals surface area contributed by atoms with Crippen molar-refractivity contribution >= 4 is 68.1 Å². The summed E-state index contributed by atoms with van der Waals surface area (Å²) in [6, 6.07) is 7.71. The van der Waals surface area contributed by atoms with E-state index in [2.05, 4.69) is 21.2 Å². The van der Waals surface area contributed by atoms with Gasteiger partial charge in [-0.05, 0) is 47.1 Å². The van der Waals surface area contributed by atoms with Gasteiger partial charge in [-0.25, -0.2) is 9.69 Å². The molecule has 8 heteroatoms. The van der Waals surface area contributed by atoms with Gasteiger partial charge in [-0.3, -0.25) is 14.9 Å². The zero-order valence-corrected chi connectivity index (χ0v) is 16.0. The molecule has 1 aromatic heterocycles. The second-order valence-electron chi connectivity index (χ2n) is 5.06. The van der Waals surface area contributed by atoms with Crippen molar-refractivity contribution in [2.75, 3.05) is 4.90 Å². The zero-order valence-electron chi connectivity index (χ0n) is 12.3.